The van der Waals surface area contributed by atoms with Crippen molar-refractivity contribution in [2.45, 2.75) is 30.1 Å². The molecule has 0 bridgehead atoms. The van der Waals surface area contributed by atoms with Crippen LogP contribution >= 0.6 is 11.8 Å². The van der Waals surface area contributed by atoms with Crippen LogP contribution in [0.3, 0.4) is 0 Å². The number of carboxylic acid groups (broad SMARTS) is 2. The van der Waals surface area contributed by atoms with E-state index in [1.54, 1.807) is 0 Å². The standard InChI is InChI=1S/C15H19N7O6S/c16-7(14(27)28)1-2-10(23)20-9(13(26)18-4-11(24)25)5-29-15-21-8-3-17-6-19-12(8)22-15/h3,6-7,9H,1-2,4-5,16H2,(H,18,26)(H,20,23)(H,24,25)(H,27,28)(H,17,19,21,22). The van der Waals surface area contributed by atoms with Gasteiger partial charge in [0.25, 0.3) is 0 Å². The lowest BCUT2D eigenvalue weighted by Crippen LogP contribution is -2.49. The Hall–Kier alpha value is -3.26. The molecule has 2 amide bonds. The molecule has 0 aliphatic heterocycles. The lowest BCUT2D eigenvalue weighted by Gasteiger charge is -2.17. The summed E-state index contributed by atoms with van der Waals surface area (Å²) in [6.45, 7) is -0.611. The summed E-state index contributed by atoms with van der Waals surface area (Å²) in [5.74, 6) is -3.73. The zero-order chi connectivity index (χ0) is 21.4. The average molecular weight is 425 g/mol. The SMILES string of the molecule is NC(CCC(=O)NC(CSc1nc2ncncc2[nH]1)C(=O)NCC(=O)O)C(=O)O. The van der Waals surface area contributed by atoms with Crippen molar-refractivity contribution in [3.8, 4) is 0 Å². The first kappa shape index (κ1) is 22.0. The zero-order valence-corrected chi connectivity index (χ0v) is 15.8. The third-order valence-electron chi connectivity index (χ3n) is 3.59. The fraction of sp³-hybridized carbons (Fsp3) is 0.400. The molecule has 2 rings (SSSR count). The van der Waals surface area contributed by atoms with Gasteiger partial charge in [-0.15, -0.1) is 0 Å². The van der Waals surface area contributed by atoms with Gasteiger partial charge in [0.2, 0.25) is 11.8 Å². The smallest absolute Gasteiger partial charge is 0.322 e. The minimum Gasteiger partial charge on any atom is -0.480 e. The Bertz CT molecular complexity index is 871. The monoisotopic (exact) mass is 425 g/mol. The highest BCUT2D eigenvalue weighted by molar-refractivity contribution is 7.99. The fourth-order valence-electron chi connectivity index (χ4n) is 2.12. The second-order valence-corrected chi connectivity index (χ2v) is 6.84. The molecule has 2 unspecified atom stereocenters. The van der Waals surface area contributed by atoms with E-state index < -0.39 is 42.4 Å². The van der Waals surface area contributed by atoms with Gasteiger partial charge in [-0.2, -0.15) is 0 Å². The summed E-state index contributed by atoms with van der Waals surface area (Å²) < 4.78 is 0. The molecule has 29 heavy (non-hydrogen) atoms. The molecule has 0 fully saturated rings. The average Bonchev–Trinajstić information content (AvgIpc) is 3.10. The van der Waals surface area contributed by atoms with Crippen LogP contribution in [0.2, 0.25) is 0 Å². The van der Waals surface area contributed by atoms with Gasteiger partial charge in [0.1, 0.15) is 30.5 Å². The first-order valence-corrected chi connectivity index (χ1v) is 9.30. The van der Waals surface area contributed by atoms with Crippen LogP contribution in [0.15, 0.2) is 17.7 Å². The van der Waals surface area contributed by atoms with E-state index in [0.717, 1.165) is 11.8 Å². The molecule has 0 saturated carbocycles. The van der Waals surface area contributed by atoms with E-state index in [1.165, 1.54) is 12.5 Å². The highest BCUT2D eigenvalue weighted by Crippen LogP contribution is 2.18. The van der Waals surface area contributed by atoms with Crippen LogP contribution in [0.25, 0.3) is 11.2 Å². The Balaban J connectivity index is 1.99. The summed E-state index contributed by atoms with van der Waals surface area (Å²) in [7, 11) is 0. The van der Waals surface area contributed by atoms with Crippen LogP contribution in [0.5, 0.6) is 0 Å². The minimum atomic E-state index is -1.24. The maximum absolute atomic E-state index is 12.2. The Labute approximate surface area is 167 Å². The van der Waals surface area contributed by atoms with Crippen molar-refractivity contribution in [1.82, 2.24) is 30.6 Å². The molecule has 2 atom stereocenters. The van der Waals surface area contributed by atoms with Gasteiger partial charge in [0.15, 0.2) is 10.8 Å². The van der Waals surface area contributed by atoms with Crippen LogP contribution in [0.4, 0.5) is 0 Å². The van der Waals surface area contributed by atoms with Crippen LogP contribution in [0.1, 0.15) is 12.8 Å². The summed E-state index contributed by atoms with van der Waals surface area (Å²) in [5.41, 5.74) is 6.38. The van der Waals surface area contributed by atoms with Crippen LogP contribution < -0.4 is 16.4 Å². The van der Waals surface area contributed by atoms with Gasteiger partial charge in [-0.3, -0.25) is 19.2 Å². The van der Waals surface area contributed by atoms with Gasteiger partial charge in [-0.25, -0.2) is 15.0 Å². The number of thioether (sulfide) groups is 1. The van der Waals surface area contributed by atoms with E-state index in [2.05, 4.69) is 30.6 Å². The van der Waals surface area contributed by atoms with E-state index in [0.29, 0.717) is 16.3 Å². The van der Waals surface area contributed by atoms with Crippen molar-refractivity contribution >= 4 is 46.7 Å². The van der Waals surface area contributed by atoms with E-state index >= 15 is 0 Å². The summed E-state index contributed by atoms with van der Waals surface area (Å²) in [4.78, 5) is 60.7. The zero-order valence-electron chi connectivity index (χ0n) is 15.0. The van der Waals surface area contributed by atoms with Gasteiger partial charge in [0, 0.05) is 12.2 Å². The number of imidazole rings is 1. The number of carbonyl (C=O) groups excluding carboxylic acids is 2. The second kappa shape index (κ2) is 10.3. The van der Waals surface area contributed by atoms with E-state index in [-0.39, 0.29) is 18.6 Å². The number of fused-ring (bicyclic) bond motifs is 1. The first-order chi connectivity index (χ1) is 13.8. The maximum atomic E-state index is 12.2. The summed E-state index contributed by atoms with van der Waals surface area (Å²) in [5, 5.41) is 22.5. The molecule has 2 heterocycles. The number of hydrogen-bond acceptors (Lipinski definition) is 9. The lowest BCUT2D eigenvalue weighted by atomic mass is 10.1. The molecule has 0 aliphatic rings. The Morgan fingerprint density at radius 1 is 1.28 bits per heavy atom. The fourth-order valence-corrected chi connectivity index (χ4v) is 3.01. The number of hydrogen-bond donors (Lipinski definition) is 6. The van der Waals surface area contributed by atoms with Crippen LogP contribution in [-0.2, 0) is 19.2 Å². The largest absolute Gasteiger partial charge is 0.480 e. The highest BCUT2D eigenvalue weighted by Gasteiger charge is 2.23. The molecule has 0 aliphatic carbocycles. The Kier molecular flexibility index (Phi) is 7.85. The predicted octanol–water partition coefficient (Wildman–Crippen LogP) is -1.68. The number of aliphatic carboxylic acids is 2. The normalized spacial score (nSPS) is 12.9. The molecule has 0 radical (unpaired) electrons. The number of rotatable bonds is 11. The third kappa shape index (κ3) is 7.00. The molecule has 0 aromatic carbocycles. The molecule has 2 aromatic heterocycles. The van der Waals surface area contributed by atoms with Gasteiger partial charge in [0.05, 0.1) is 6.20 Å². The van der Waals surface area contributed by atoms with Crippen molar-refractivity contribution in [1.29, 1.82) is 0 Å². The number of nitrogens with one attached hydrogen (secondary N) is 3. The van der Waals surface area contributed by atoms with E-state index in [4.69, 9.17) is 15.9 Å². The van der Waals surface area contributed by atoms with Crippen LogP contribution in [0, 0.1) is 0 Å². The molecule has 0 saturated heterocycles. The number of nitrogens with two attached hydrogens (primary N) is 1. The van der Waals surface area contributed by atoms with Crippen molar-refractivity contribution in [2.75, 3.05) is 12.3 Å². The highest BCUT2D eigenvalue weighted by atomic mass is 32.2. The van der Waals surface area contributed by atoms with Crippen molar-refractivity contribution in [3.63, 3.8) is 0 Å². The van der Waals surface area contributed by atoms with Crippen molar-refractivity contribution in [2.24, 2.45) is 5.73 Å². The molecule has 7 N–H and O–H groups in total. The number of H-pyrrole nitrogens is 1. The van der Waals surface area contributed by atoms with Gasteiger partial charge in [-0.1, -0.05) is 11.8 Å². The topological polar surface area (TPSA) is 213 Å². The van der Waals surface area contributed by atoms with Crippen molar-refractivity contribution in [3.05, 3.63) is 12.5 Å². The molecular formula is C15H19N7O6S. The van der Waals surface area contributed by atoms with Crippen LogP contribution in [-0.4, -0.2) is 78.3 Å². The predicted molar refractivity (Wildman–Crippen MR) is 99.8 cm³/mol. The molecule has 2 aromatic rings. The Morgan fingerprint density at radius 3 is 2.69 bits per heavy atom. The molecule has 156 valence electrons. The third-order valence-corrected chi connectivity index (χ3v) is 4.56. The van der Waals surface area contributed by atoms with Gasteiger partial charge in [-0.05, 0) is 6.42 Å². The molecule has 0 spiro atoms. The maximum Gasteiger partial charge on any atom is 0.322 e. The molecule has 13 nitrogen and oxygen atoms in total. The lowest BCUT2D eigenvalue weighted by molar-refractivity contribution is -0.139. The van der Waals surface area contributed by atoms with Crippen molar-refractivity contribution < 1.29 is 29.4 Å². The minimum absolute atomic E-state index is 0.0371. The summed E-state index contributed by atoms with van der Waals surface area (Å²) in [6.07, 6.45) is 2.55. The number of nitrogens with zero attached hydrogens (tertiary/aromatic N) is 3. The number of aromatic nitrogens is 4. The summed E-state index contributed by atoms with van der Waals surface area (Å²) >= 11 is 1.11. The van der Waals surface area contributed by atoms with E-state index in [9.17, 15) is 19.2 Å². The number of carbonyl (C=O) groups is 4. The Morgan fingerprint density at radius 2 is 2.03 bits per heavy atom. The van der Waals surface area contributed by atoms with Gasteiger partial charge >= 0.3 is 11.9 Å². The number of carboxylic acids is 2. The quantitative estimate of drug-likeness (QED) is 0.224. The van der Waals surface area contributed by atoms with Gasteiger partial charge < -0.3 is 31.6 Å². The first-order valence-electron chi connectivity index (χ1n) is 8.32. The summed E-state index contributed by atoms with van der Waals surface area (Å²) in [6, 6.07) is -2.28. The van der Waals surface area contributed by atoms with E-state index in [1.807, 2.05) is 0 Å². The number of amides is 2. The number of aromatic amines is 1. The molecular weight excluding hydrogens is 406 g/mol. The molecule has 14 heteroatoms. The second-order valence-electron chi connectivity index (χ2n) is 5.83.